The lowest BCUT2D eigenvalue weighted by molar-refractivity contribution is 0.415. The average Bonchev–Trinajstić information content (AvgIpc) is 2.54. The number of benzene rings is 1. The second-order valence-electron chi connectivity index (χ2n) is 4.08. The van der Waals surface area contributed by atoms with Crippen LogP contribution < -0.4 is 9.04 Å². The van der Waals surface area contributed by atoms with Crippen molar-refractivity contribution < 1.29 is 13.2 Å². The van der Waals surface area contributed by atoms with Crippen LogP contribution in [0.1, 0.15) is 5.56 Å². The van der Waals surface area contributed by atoms with Crippen molar-refractivity contribution in [3.05, 3.63) is 23.8 Å². The molecule has 1 heterocycles. The number of anilines is 1. The molecule has 0 amide bonds. The summed E-state index contributed by atoms with van der Waals surface area (Å²) in [6, 6.07) is 5.52. The summed E-state index contributed by atoms with van der Waals surface area (Å²) < 4.78 is 32.1. The number of ether oxygens (including phenoxy) is 1. The summed E-state index contributed by atoms with van der Waals surface area (Å²) in [5.74, 6) is 0.578. The molecule has 0 saturated carbocycles. The quantitative estimate of drug-likeness (QED) is 0.793. The van der Waals surface area contributed by atoms with E-state index in [1.54, 1.807) is 20.2 Å². The lowest BCUT2D eigenvalue weighted by Gasteiger charge is -2.20. The highest BCUT2D eigenvalue weighted by atomic mass is 32.2. The Morgan fingerprint density at radius 1 is 1.29 bits per heavy atom. The summed E-state index contributed by atoms with van der Waals surface area (Å²) in [4.78, 5) is 0. The molecular weight excluding hydrogens is 240 g/mol. The van der Waals surface area contributed by atoms with E-state index in [0.717, 1.165) is 5.56 Å². The van der Waals surface area contributed by atoms with Crippen molar-refractivity contribution in [2.24, 2.45) is 0 Å². The van der Waals surface area contributed by atoms with E-state index in [4.69, 9.17) is 4.74 Å². The van der Waals surface area contributed by atoms with Crippen molar-refractivity contribution in [1.82, 2.24) is 4.31 Å². The maximum absolute atomic E-state index is 12.1. The Labute approximate surface area is 102 Å². The van der Waals surface area contributed by atoms with Crippen LogP contribution in [0, 0.1) is 6.92 Å². The predicted molar refractivity (Wildman–Crippen MR) is 66.6 cm³/mol. The van der Waals surface area contributed by atoms with Crippen molar-refractivity contribution >= 4 is 15.9 Å². The zero-order chi connectivity index (χ0) is 12.6. The lowest BCUT2D eigenvalue weighted by atomic mass is 10.2. The van der Waals surface area contributed by atoms with Gasteiger partial charge in [-0.25, -0.2) is 0 Å². The van der Waals surface area contributed by atoms with Gasteiger partial charge in [0.05, 0.1) is 12.8 Å². The second kappa shape index (κ2) is 4.19. The van der Waals surface area contributed by atoms with Crippen LogP contribution in [-0.4, -0.2) is 40.0 Å². The van der Waals surface area contributed by atoms with Gasteiger partial charge < -0.3 is 4.74 Å². The van der Waals surface area contributed by atoms with E-state index in [1.807, 2.05) is 19.1 Å². The molecule has 1 aliphatic heterocycles. The van der Waals surface area contributed by atoms with Gasteiger partial charge in [0.25, 0.3) is 0 Å². The average molecular weight is 256 g/mol. The number of methoxy groups -OCH3 is 1. The number of rotatable bonds is 2. The largest absolute Gasteiger partial charge is 0.495 e. The van der Waals surface area contributed by atoms with Crippen LogP contribution in [0.2, 0.25) is 0 Å². The molecule has 2 rings (SSSR count). The third-order valence-corrected chi connectivity index (χ3v) is 4.80. The summed E-state index contributed by atoms with van der Waals surface area (Å²) in [5, 5.41) is 0. The fraction of sp³-hybridized carbons (Fsp3) is 0.455. The molecule has 0 bridgehead atoms. The minimum absolute atomic E-state index is 0.457. The molecule has 0 spiro atoms. The summed E-state index contributed by atoms with van der Waals surface area (Å²) in [5.41, 5.74) is 1.61. The molecule has 5 nitrogen and oxygen atoms in total. The monoisotopic (exact) mass is 256 g/mol. The summed E-state index contributed by atoms with van der Waals surface area (Å²) in [7, 11) is -0.258. The van der Waals surface area contributed by atoms with Gasteiger partial charge in [0, 0.05) is 20.1 Å². The number of likely N-dealkylation sites (N-methyl/N-ethyl adjacent to an activating group) is 1. The van der Waals surface area contributed by atoms with Crippen LogP contribution in [0.25, 0.3) is 0 Å². The third kappa shape index (κ3) is 1.98. The molecule has 17 heavy (non-hydrogen) atoms. The first-order valence-electron chi connectivity index (χ1n) is 5.35. The highest BCUT2D eigenvalue weighted by Gasteiger charge is 2.35. The molecule has 0 N–H and O–H groups in total. The number of aryl methyl sites for hydroxylation is 1. The molecule has 0 radical (unpaired) electrons. The fourth-order valence-electron chi connectivity index (χ4n) is 1.87. The number of nitrogens with zero attached hydrogens (tertiary/aromatic N) is 2. The van der Waals surface area contributed by atoms with E-state index >= 15 is 0 Å². The Hall–Kier alpha value is -1.27. The standard InChI is InChI=1S/C11H16N2O3S/c1-9-4-5-11(16-3)10(8-9)13-7-6-12(2)17(13,14)15/h4-5,8H,6-7H2,1-3H3. The Morgan fingerprint density at radius 2 is 2.00 bits per heavy atom. The van der Waals surface area contributed by atoms with Gasteiger partial charge in [0.15, 0.2) is 0 Å². The lowest BCUT2D eigenvalue weighted by Crippen LogP contribution is -2.30. The maximum Gasteiger partial charge on any atom is 0.304 e. The SMILES string of the molecule is COc1ccc(C)cc1N1CCN(C)S1(=O)=O. The van der Waals surface area contributed by atoms with E-state index in [0.29, 0.717) is 24.5 Å². The minimum Gasteiger partial charge on any atom is -0.495 e. The smallest absolute Gasteiger partial charge is 0.304 e. The molecule has 0 aliphatic carbocycles. The van der Waals surface area contributed by atoms with Crippen LogP contribution >= 0.6 is 0 Å². The molecule has 1 saturated heterocycles. The van der Waals surface area contributed by atoms with Gasteiger partial charge in [-0.05, 0) is 24.6 Å². The topological polar surface area (TPSA) is 49.9 Å². The van der Waals surface area contributed by atoms with E-state index < -0.39 is 10.2 Å². The van der Waals surface area contributed by atoms with Gasteiger partial charge >= 0.3 is 10.2 Å². The van der Waals surface area contributed by atoms with Gasteiger partial charge in [-0.3, -0.25) is 4.31 Å². The van der Waals surface area contributed by atoms with Crippen LogP contribution in [0.3, 0.4) is 0 Å². The summed E-state index contributed by atoms with van der Waals surface area (Å²) in [6.45, 7) is 2.88. The molecule has 1 fully saturated rings. The zero-order valence-corrected chi connectivity index (χ0v) is 11.0. The van der Waals surface area contributed by atoms with Crippen molar-refractivity contribution in [1.29, 1.82) is 0 Å². The van der Waals surface area contributed by atoms with Crippen molar-refractivity contribution in [3.63, 3.8) is 0 Å². The maximum atomic E-state index is 12.1. The molecule has 0 aromatic heterocycles. The van der Waals surface area contributed by atoms with Gasteiger partial charge in [-0.1, -0.05) is 6.07 Å². The normalized spacial score (nSPS) is 19.6. The van der Waals surface area contributed by atoms with Crippen LogP contribution in [0.5, 0.6) is 5.75 Å². The Kier molecular flexibility index (Phi) is 3.01. The zero-order valence-electron chi connectivity index (χ0n) is 10.2. The third-order valence-electron chi connectivity index (χ3n) is 2.89. The first-order chi connectivity index (χ1) is 7.96. The first-order valence-corrected chi connectivity index (χ1v) is 6.75. The first kappa shape index (κ1) is 12.2. The van der Waals surface area contributed by atoms with E-state index in [-0.39, 0.29) is 0 Å². The Bertz CT molecular complexity index is 528. The van der Waals surface area contributed by atoms with Gasteiger partial charge in [-0.2, -0.15) is 12.7 Å². The number of hydrogen-bond donors (Lipinski definition) is 0. The Morgan fingerprint density at radius 3 is 2.53 bits per heavy atom. The summed E-state index contributed by atoms with van der Waals surface area (Å²) in [6.07, 6.45) is 0. The fourth-order valence-corrected chi connectivity index (χ4v) is 3.22. The molecule has 0 unspecified atom stereocenters. The van der Waals surface area contributed by atoms with Gasteiger partial charge in [0.2, 0.25) is 0 Å². The molecule has 1 aromatic rings. The van der Waals surface area contributed by atoms with Crippen LogP contribution in [0.4, 0.5) is 5.69 Å². The molecule has 1 aliphatic rings. The second-order valence-corrected chi connectivity index (χ2v) is 6.04. The molecule has 94 valence electrons. The van der Waals surface area contributed by atoms with Crippen molar-refractivity contribution in [3.8, 4) is 5.75 Å². The summed E-state index contributed by atoms with van der Waals surface area (Å²) >= 11 is 0. The van der Waals surface area contributed by atoms with E-state index in [9.17, 15) is 8.42 Å². The van der Waals surface area contributed by atoms with Crippen molar-refractivity contribution in [2.75, 3.05) is 31.6 Å². The number of hydrogen-bond acceptors (Lipinski definition) is 3. The van der Waals surface area contributed by atoms with Gasteiger partial charge in [-0.15, -0.1) is 0 Å². The van der Waals surface area contributed by atoms with E-state index in [2.05, 4.69) is 0 Å². The minimum atomic E-state index is -3.38. The van der Waals surface area contributed by atoms with Gasteiger partial charge in [0.1, 0.15) is 5.75 Å². The Balaban J connectivity index is 2.51. The van der Waals surface area contributed by atoms with E-state index in [1.165, 1.54) is 8.61 Å². The predicted octanol–water partition coefficient (Wildman–Crippen LogP) is 1.00. The van der Waals surface area contributed by atoms with Crippen molar-refractivity contribution in [2.45, 2.75) is 6.92 Å². The molecule has 1 aromatic carbocycles. The molecule has 6 heteroatoms. The highest BCUT2D eigenvalue weighted by Crippen LogP contribution is 2.33. The van der Waals surface area contributed by atoms with Crippen LogP contribution in [-0.2, 0) is 10.2 Å². The molecular formula is C11H16N2O3S. The highest BCUT2D eigenvalue weighted by molar-refractivity contribution is 7.90. The van der Waals surface area contributed by atoms with Crippen LogP contribution in [0.15, 0.2) is 18.2 Å². The molecule has 0 atom stereocenters.